The Morgan fingerprint density at radius 3 is 2.86 bits per heavy atom. The fraction of sp³-hybridized carbons (Fsp3) is 0.381. The minimum Gasteiger partial charge on any atom is -0.454 e. The highest BCUT2D eigenvalue weighted by Gasteiger charge is 2.27. The topological polar surface area (TPSA) is 81.0 Å². The number of ether oxygens (including phenoxy) is 2. The van der Waals surface area contributed by atoms with Crippen molar-refractivity contribution in [2.75, 3.05) is 24.8 Å². The number of nitrogens with zero attached hydrogens (tertiary/aromatic N) is 4. The Bertz CT molecular complexity index is 1120. The van der Waals surface area contributed by atoms with E-state index in [0.717, 1.165) is 65.0 Å². The molecule has 29 heavy (non-hydrogen) atoms. The van der Waals surface area contributed by atoms with Crippen LogP contribution >= 0.6 is 0 Å². The van der Waals surface area contributed by atoms with Gasteiger partial charge in [-0.1, -0.05) is 0 Å². The molecule has 2 aromatic heterocycles. The average Bonchev–Trinajstić information content (AvgIpc) is 3.38. The third-order valence-corrected chi connectivity index (χ3v) is 5.44. The van der Waals surface area contributed by atoms with E-state index in [1.807, 2.05) is 36.6 Å². The highest BCUT2D eigenvalue weighted by Crippen LogP contribution is 2.38. The lowest BCUT2D eigenvalue weighted by molar-refractivity contribution is -0.119. The first kappa shape index (κ1) is 17.8. The highest BCUT2D eigenvalue weighted by molar-refractivity contribution is 5.77. The van der Waals surface area contributed by atoms with Gasteiger partial charge in [0.1, 0.15) is 0 Å². The van der Waals surface area contributed by atoms with Crippen molar-refractivity contribution in [3.8, 4) is 22.8 Å². The zero-order valence-electron chi connectivity index (χ0n) is 16.7. The van der Waals surface area contributed by atoms with Gasteiger partial charge in [0.25, 0.3) is 0 Å². The Morgan fingerprint density at radius 1 is 1.21 bits per heavy atom. The minimum atomic E-state index is 0.00894. The molecule has 3 aromatic rings. The van der Waals surface area contributed by atoms with Crippen molar-refractivity contribution >= 4 is 17.2 Å². The van der Waals surface area contributed by atoms with E-state index in [0.29, 0.717) is 0 Å². The van der Waals surface area contributed by atoms with Crippen LogP contribution < -0.4 is 19.7 Å². The second kappa shape index (κ2) is 6.65. The molecule has 2 aliphatic rings. The predicted octanol–water partition coefficient (Wildman–Crippen LogP) is 2.46. The van der Waals surface area contributed by atoms with Crippen LogP contribution in [0, 0.1) is 13.8 Å². The summed E-state index contributed by atoms with van der Waals surface area (Å²) in [6, 6.07) is 8.14. The zero-order valence-corrected chi connectivity index (χ0v) is 16.7. The molecule has 1 aromatic carbocycles. The fourth-order valence-electron chi connectivity index (χ4n) is 4.22. The van der Waals surface area contributed by atoms with E-state index in [4.69, 9.17) is 19.6 Å². The summed E-state index contributed by atoms with van der Waals surface area (Å²) in [6.45, 7) is 7.43. The van der Waals surface area contributed by atoms with E-state index in [2.05, 4.69) is 16.3 Å². The van der Waals surface area contributed by atoms with Gasteiger partial charge >= 0.3 is 0 Å². The van der Waals surface area contributed by atoms with Gasteiger partial charge < -0.3 is 19.7 Å². The van der Waals surface area contributed by atoms with E-state index in [-0.39, 0.29) is 18.7 Å². The largest absolute Gasteiger partial charge is 0.454 e. The molecule has 1 saturated heterocycles. The number of hydrogen-bond donors (Lipinski definition) is 1. The van der Waals surface area contributed by atoms with Gasteiger partial charge in [-0.25, -0.2) is 9.50 Å². The molecular formula is C21H23N5O3. The molecule has 8 heteroatoms. The highest BCUT2D eigenvalue weighted by atomic mass is 16.7. The third kappa shape index (κ3) is 3.04. The number of nitrogens with one attached hydrogen (secondary N) is 1. The number of fused-ring (bicyclic) bond motifs is 2. The van der Waals surface area contributed by atoms with E-state index >= 15 is 0 Å². The second-order valence-electron chi connectivity index (χ2n) is 7.65. The van der Waals surface area contributed by atoms with E-state index in [9.17, 15) is 4.79 Å². The number of carbonyl (C=O) groups excluding carboxylic acids is 1. The van der Waals surface area contributed by atoms with Crippen LogP contribution in [0.25, 0.3) is 16.9 Å². The van der Waals surface area contributed by atoms with Gasteiger partial charge in [0, 0.05) is 31.6 Å². The molecule has 150 valence electrons. The molecular weight excluding hydrogens is 370 g/mol. The van der Waals surface area contributed by atoms with E-state index in [1.54, 1.807) is 6.92 Å². The van der Waals surface area contributed by atoms with Crippen LogP contribution in [0.4, 0.5) is 5.69 Å². The summed E-state index contributed by atoms with van der Waals surface area (Å²) in [7, 11) is 0. The van der Waals surface area contributed by atoms with E-state index in [1.165, 1.54) is 0 Å². The Morgan fingerprint density at radius 2 is 2.03 bits per heavy atom. The predicted molar refractivity (Wildman–Crippen MR) is 108 cm³/mol. The molecule has 2 aliphatic heterocycles. The van der Waals surface area contributed by atoms with Crippen molar-refractivity contribution in [2.45, 2.75) is 33.2 Å². The standard InChI is InChI=1S/C21H23N5O3/c1-12-8-17(25-7-6-16(10-25)23-14(3)27)21-22-13(2)20(26(21)24-12)15-4-5-18-19(9-15)29-11-28-18/h4-5,8-9,16H,6-7,10-11H2,1-3H3,(H,23,27)/t16-/m1/s1. The quantitative estimate of drug-likeness (QED) is 0.736. The Balaban J connectivity index is 1.58. The Labute approximate surface area is 168 Å². The fourth-order valence-corrected chi connectivity index (χ4v) is 4.22. The molecule has 0 bridgehead atoms. The number of amides is 1. The van der Waals surface area contributed by atoms with Crippen LogP contribution in [0.5, 0.6) is 11.5 Å². The molecule has 1 fully saturated rings. The maximum atomic E-state index is 11.4. The Kier molecular flexibility index (Phi) is 4.08. The monoisotopic (exact) mass is 393 g/mol. The summed E-state index contributed by atoms with van der Waals surface area (Å²) < 4.78 is 12.9. The molecule has 0 spiro atoms. The molecule has 0 unspecified atom stereocenters. The molecule has 1 atom stereocenters. The summed E-state index contributed by atoms with van der Waals surface area (Å²) in [5.74, 6) is 1.50. The second-order valence-corrected chi connectivity index (χ2v) is 7.65. The maximum absolute atomic E-state index is 11.4. The van der Waals surface area contributed by atoms with Crippen molar-refractivity contribution in [1.29, 1.82) is 0 Å². The smallest absolute Gasteiger partial charge is 0.231 e. The summed E-state index contributed by atoms with van der Waals surface area (Å²) in [5.41, 5.74) is 5.61. The van der Waals surface area contributed by atoms with Gasteiger partial charge in [-0.3, -0.25) is 4.79 Å². The summed E-state index contributed by atoms with van der Waals surface area (Å²) in [5, 5.41) is 7.77. The van der Waals surface area contributed by atoms with Gasteiger partial charge in [0.2, 0.25) is 12.7 Å². The number of rotatable bonds is 3. The normalized spacial score (nSPS) is 17.9. The lowest BCUT2D eigenvalue weighted by atomic mass is 10.1. The van der Waals surface area contributed by atoms with Gasteiger partial charge in [-0.05, 0) is 44.5 Å². The number of aromatic nitrogens is 3. The SMILES string of the molecule is CC(=O)N[C@@H]1CCN(c2cc(C)nn3c(-c4ccc5c(c4)OCO5)c(C)nc23)C1. The van der Waals surface area contributed by atoms with Crippen molar-refractivity contribution in [3.63, 3.8) is 0 Å². The number of anilines is 1. The lowest BCUT2D eigenvalue weighted by Gasteiger charge is -2.20. The van der Waals surface area contributed by atoms with Crippen LogP contribution in [-0.4, -0.2) is 46.4 Å². The van der Waals surface area contributed by atoms with Crippen LogP contribution in [0.15, 0.2) is 24.3 Å². The number of benzene rings is 1. The van der Waals surface area contributed by atoms with Crippen LogP contribution in [0.2, 0.25) is 0 Å². The van der Waals surface area contributed by atoms with Gasteiger partial charge in [0.05, 0.1) is 22.8 Å². The molecule has 4 heterocycles. The number of aryl methyl sites for hydroxylation is 2. The van der Waals surface area contributed by atoms with Crippen molar-refractivity contribution in [2.24, 2.45) is 0 Å². The van der Waals surface area contributed by atoms with Crippen LogP contribution in [0.1, 0.15) is 24.7 Å². The number of imidazole rings is 1. The minimum absolute atomic E-state index is 0.00894. The van der Waals surface area contributed by atoms with Crippen LogP contribution in [-0.2, 0) is 4.79 Å². The van der Waals surface area contributed by atoms with Gasteiger partial charge in [0.15, 0.2) is 17.1 Å². The molecule has 1 amide bonds. The average molecular weight is 393 g/mol. The molecule has 0 radical (unpaired) electrons. The van der Waals surface area contributed by atoms with Crippen LogP contribution in [0.3, 0.4) is 0 Å². The zero-order chi connectivity index (χ0) is 20.1. The Hall–Kier alpha value is -3.29. The first-order chi connectivity index (χ1) is 14.0. The third-order valence-electron chi connectivity index (χ3n) is 5.44. The maximum Gasteiger partial charge on any atom is 0.231 e. The van der Waals surface area contributed by atoms with Crippen molar-refractivity contribution in [3.05, 3.63) is 35.7 Å². The first-order valence-electron chi connectivity index (χ1n) is 9.78. The van der Waals surface area contributed by atoms with Gasteiger partial charge in [-0.2, -0.15) is 5.10 Å². The number of carbonyl (C=O) groups is 1. The van der Waals surface area contributed by atoms with Crippen molar-refractivity contribution < 1.29 is 14.3 Å². The van der Waals surface area contributed by atoms with Crippen molar-refractivity contribution in [1.82, 2.24) is 19.9 Å². The molecule has 0 saturated carbocycles. The first-order valence-corrected chi connectivity index (χ1v) is 9.78. The molecule has 1 N–H and O–H groups in total. The number of hydrogen-bond acceptors (Lipinski definition) is 6. The van der Waals surface area contributed by atoms with Gasteiger partial charge in [-0.15, -0.1) is 0 Å². The lowest BCUT2D eigenvalue weighted by Crippen LogP contribution is -2.35. The summed E-state index contributed by atoms with van der Waals surface area (Å²) in [6.07, 6.45) is 0.918. The van der Waals surface area contributed by atoms with E-state index < -0.39 is 0 Å². The molecule has 8 nitrogen and oxygen atoms in total. The molecule has 0 aliphatic carbocycles. The summed E-state index contributed by atoms with van der Waals surface area (Å²) >= 11 is 0. The molecule has 5 rings (SSSR count). The summed E-state index contributed by atoms with van der Waals surface area (Å²) in [4.78, 5) is 18.6.